The second-order valence-electron chi connectivity index (χ2n) is 4.39. The molecule has 0 bridgehead atoms. The van der Waals surface area contributed by atoms with Crippen molar-refractivity contribution in [2.75, 3.05) is 19.8 Å². The van der Waals surface area contributed by atoms with Crippen LogP contribution in [0.4, 0.5) is 4.79 Å². The molecule has 2 fully saturated rings. The molecule has 4 N–H and O–H groups in total. The number of hydrogen-bond donors (Lipinski definition) is 3. The molecule has 0 aromatic heterocycles. The van der Waals surface area contributed by atoms with Crippen LogP contribution < -0.4 is 11.1 Å². The van der Waals surface area contributed by atoms with Crippen LogP contribution >= 0.6 is 0 Å². The van der Waals surface area contributed by atoms with E-state index in [9.17, 15) is 4.79 Å². The lowest BCUT2D eigenvalue weighted by Gasteiger charge is -2.25. The van der Waals surface area contributed by atoms with Gasteiger partial charge < -0.3 is 25.9 Å². The number of hydrogen-bond acceptors (Lipinski definition) is 4. The van der Waals surface area contributed by atoms with Gasteiger partial charge in [0.15, 0.2) is 5.84 Å². The Hall–Kier alpha value is -1.50. The molecule has 2 heterocycles. The van der Waals surface area contributed by atoms with Crippen LogP contribution in [0.15, 0.2) is 5.16 Å². The average molecular weight is 242 g/mol. The van der Waals surface area contributed by atoms with Crippen LogP contribution in [0, 0.1) is 0 Å². The van der Waals surface area contributed by atoms with Gasteiger partial charge in [0.2, 0.25) is 0 Å². The summed E-state index contributed by atoms with van der Waals surface area (Å²) in [5.74, 6) is 0.0975. The van der Waals surface area contributed by atoms with E-state index in [1.54, 1.807) is 4.90 Å². The van der Waals surface area contributed by atoms with E-state index in [1.165, 1.54) is 0 Å². The van der Waals surface area contributed by atoms with Crippen molar-refractivity contribution in [2.24, 2.45) is 10.9 Å². The highest BCUT2D eigenvalue weighted by atomic mass is 16.5. The molecule has 2 aliphatic heterocycles. The molecule has 7 nitrogen and oxygen atoms in total. The molecular weight excluding hydrogens is 224 g/mol. The smallest absolute Gasteiger partial charge is 0.318 e. The Labute approximate surface area is 99.6 Å². The van der Waals surface area contributed by atoms with Gasteiger partial charge in [-0.15, -0.1) is 0 Å². The molecule has 0 aromatic rings. The number of amides is 2. The number of nitrogens with two attached hydrogens (primary N) is 1. The highest BCUT2D eigenvalue weighted by Gasteiger charge is 2.33. The predicted molar refractivity (Wildman–Crippen MR) is 60.9 cm³/mol. The van der Waals surface area contributed by atoms with Crippen LogP contribution in [-0.4, -0.2) is 53.8 Å². The minimum absolute atomic E-state index is 0.0797. The highest BCUT2D eigenvalue weighted by Crippen LogP contribution is 2.18. The Balaban J connectivity index is 1.93. The molecule has 2 unspecified atom stereocenters. The zero-order chi connectivity index (χ0) is 12.3. The third-order valence-electron chi connectivity index (χ3n) is 3.23. The van der Waals surface area contributed by atoms with Crippen molar-refractivity contribution in [3.05, 3.63) is 0 Å². The Morgan fingerprint density at radius 2 is 2.35 bits per heavy atom. The summed E-state index contributed by atoms with van der Waals surface area (Å²) >= 11 is 0. The maximum absolute atomic E-state index is 12.0. The van der Waals surface area contributed by atoms with Gasteiger partial charge in [0.1, 0.15) is 0 Å². The molecule has 2 amide bonds. The number of oxime groups is 1. The van der Waals surface area contributed by atoms with Crippen LogP contribution in [0.5, 0.6) is 0 Å². The molecule has 17 heavy (non-hydrogen) atoms. The summed E-state index contributed by atoms with van der Waals surface area (Å²) in [6.07, 6.45) is 2.45. The number of ether oxygens (including phenoxy) is 1. The summed E-state index contributed by atoms with van der Waals surface area (Å²) in [5.41, 5.74) is 5.57. The first-order valence-corrected chi connectivity index (χ1v) is 5.84. The Morgan fingerprint density at radius 1 is 1.53 bits per heavy atom. The van der Waals surface area contributed by atoms with Gasteiger partial charge in [-0.05, 0) is 19.3 Å². The molecule has 2 atom stereocenters. The van der Waals surface area contributed by atoms with Crippen LogP contribution in [0.25, 0.3) is 0 Å². The first kappa shape index (κ1) is 12.0. The summed E-state index contributed by atoms with van der Waals surface area (Å²) in [4.78, 5) is 13.6. The molecule has 2 rings (SSSR count). The van der Waals surface area contributed by atoms with Crippen molar-refractivity contribution in [3.63, 3.8) is 0 Å². The largest absolute Gasteiger partial charge is 0.409 e. The van der Waals surface area contributed by atoms with Crippen LogP contribution in [0.1, 0.15) is 19.3 Å². The lowest BCUT2D eigenvalue weighted by molar-refractivity contribution is 0.179. The van der Waals surface area contributed by atoms with Crippen molar-refractivity contribution in [3.8, 4) is 0 Å². The fraction of sp³-hybridized carbons (Fsp3) is 0.800. The Bertz CT molecular complexity index is 315. The number of amidine groups is 1. The minimum atomic E-state index is -0.290. The van der Waals surface area contributed by atoms with Gasteiger partial charge >= 0.3 is 6.03 Å². The SMILES string of the molecule is NC(=NO)C1CCCN1C(=O)NC1CCOC1. The lowest BCUT2D eigenvalue weighted by atomic mass is 10.2. The van der Waals surface area contributed by atoms with Crippen molar-refractivity contribution in [2.45, 2.75) is 31.3 Å². The maximum atomic E-state index is 12.0. The second-order valence-corrected chi connectivity index (χ2v) is 4.39. The molecule has 0 aromatic carbocycles. The lowest BCUT2D eigenvalue weighted by Crippen LogP contribution is -2.50. The van der Waals surface area contributed by atoms with Crippen LogP contribution in [-0.2, 0) is 4.74 Å². The standard InChI is InChI=1S/C10H18N4O3/c11-9(13-16)8-2-1-4-14(8)10(15)12-7-3-5-17-6-7/h7-8,16H,1-6H2,(H2,11,13)(H,12,15). The molecule has 7 heteroatoms. The first-order valence-electron chi connectivity index (χ1n) is 5.84. The number of carbonyl (C=O) groups is 1. The van der Waals surface area contributed by atoms with Gasteiger partial charge in [-0.3, -0.25) is 0 Å². The van der Waals surface area contributed by atoms with Crippen molar-refractivity contribution < 1.29 is 14.7 Å². The van der Waals surface area contributed by atoms with Gasteiger partial charge in [0.25, 0.3) is 0 Å². The monoisotopic (exact) mass is 242 g/mol. The van der Waals surface area contributed by atoms with E-state index in [0.717, 1.165) is 19.3 Å². The fourth-order valence-corrected chi connectivity index (χ4v) is 2.29. The summed E-state index contributed by atoms with van der Waals surface area (Å²) in [7, 11) is 0. The molecule has 96 valence electrons. The Kier molecular flexibility index (Phi) is 3.68. The fourth-order valence-electron chi connectivity index (χ4n) is 2.29. The van der Waals surface area contributed by atoms with E-state index in [4.69, 9.17) is 15.7 Å². The minimum Gasteiger partial charge on any atom is -0.409 e. The average Bonchev–Trinajstić information content (AvgIpc) is 2.97. The van der Waals surface area contributed by atoms with Gasteiger partial charge in [-0.1, -0.05) is 5.16 Å². The van der Waals surface area contributed by atoms with E-state index in [1.807, 2.05) is 0 Å². The second kappa shape index (κ2) is 5.22. The number of nitrogens with zero attached hydrogens (tertiary/aromatic N) is 2. The summed E-state index contributed by atoms with van der Waals surface area (Å²) < 4.78 is 5.19. The van der Waals surface area contributed by atoms with E-state index < -0.39 is 0 Å². The van der Waals surface area contributed by atoms with Crippen molar-refractivity contribution in [1.82, 2.24) is 10.2 Å². The summed E-state index contributed by atoms with van der Waals surface area (Å²) in [6, 6.07) is -0.368. The quantitative estimate of drug-likeness (QED) is 0.268. The van der Waals surface area contributed by atoms with Gasteiger partial charge in [0.05, 0.1) is 18.7 Å². The molecule has 0 spiro atoms. The van der Waals surface area contributed by atoms with Crippen molar-refractivity contribution in [1.29, 1.82) is 0 Å². The zero-order valence-electron chi connectivity index (χ0n) is 9.63. The van der Waals surface area contributed by atoms with Gasteiger partial charge in [0, 0.05) is 13.2 Å². The van der Waals surface area contributed by atoms with Gasteiger partial charge in [-0.25, -0.2) is 4.79 Å². The Morgan fingerprint density at radius 3 is 3.00 bits per heavy atom. The van der Waals surface area contributed by atoms with E-state index in [2.05, 4.69) is 10.5 Å². The van der Waals surface area contributed by atoms with Crippen LogP contribution in [0.3, 0.4) is 0 Å². The van der Waals surface area contributed by atoms with Crippen LogP contribution in [0.2, 0.25) is 0 Å². The first-order chi connectivity index (χ1) is 8.22. The molecule has 2 saturated heterocycles. The number of rotatable bonds is 2. The third-order valence-corrected chi connectivity index (χ3v) is 3.23. The van der Waals surface area contributed by atoms with E-state index in [0.29, 0.717) is 19.8 Å². The highest BCUT2D eigenvalue weighted by molar-refractivity contribution is 5.90. The zero-order valence-corrected chi connectivity index (χ0v) is 9.63. The molecule has 2 aliphatic rings. The number of likely N-dealkylation sites (tertiary alicyclic amines) is 1. The topological polar surface area (TPSA) is 100 Å². The predicted octanol–water partition coefficient (Wildman–Crippen LogP) is -0.304. The molecule has 0 radical (unpaired) electrons. The summed E-state index contributed by atoms with van der Waals surface area (Å²) in [6.45, 7) is 1.89. The number of carbonyl (C=O) groups excluding carboxylic acids is 1. The molecular formula is C10H18N4O3. The molecule has 0 saturated carbocycles. The van der Waals surface area contributed by atoms with E-state index >= 15 is 0 Å². The third kappa shape index (κ3) is 2.60. The van der Waals surface area contributed by atoms with Gasteiger partial charge in [-0.2, -0.15) is 0 Å². The van der Waals surface area contributed by atoms with E-state index in [-0.39, 0.29) is 24.0 Å². The maximum Gasteiger partial charge on any atom is 0.318 e. The number of urea groups is 1. The summed E-state index contributed by atoms with van der Waals surface area (Å²) in [5, 5.41) is 14.5. The normalized spacial score (nSPS) is 29.6. The molecule has 0 aliphatic carbocycles. The van der Waals surface area contributed by atoms with Crippen molar-refractivity contribution >= 4 is 11.9 Å². The number of nitrogens with one attached hydrogen (secondary N) is 1.